The second-order valence-corrected chi connectivity index (χ2v) is 15.4. The van der Waals surface area contributed by atoms with Crippen molar-refractivity contribution >= 4 is 43.1 Å². The van der Waals surface area contributed by atoms with Crippen molar-refractivity contribution in [3.05, 3.63) is 193 Å². The van der Waals surface area contributed by atoms with E-state index in [2.05, 4.69) is 178 Å². The van der Waals surface area contributed by atoms with Crippen molar-refractivity contribution in [2.75, 3.05) is 0 Å². The summed E-state index contributed by atoms with van der Waals surface area (Å²) in [6, 6.07) is 65.9. The average molecular weight is 701 g/mol. The molecular weight excluding hydrogens is 665 g/mol. The zero-order chi connectivity index (χ0) is 36.7. The lowest BCUT2D eigenvalue weighted by Gasteiger charge is -2.22. The van der Waals surface area contributed by atoms with Gasteiger partial charge in [-0.05, 0) is 101 Å². The Kier molecular flexibility index (Phi) is 6.93. The van der Waals surface area contributed by atoms with E-state index in [0.29, 0.717) is 5.82 Å². The highest BCUT2D eigenvalue weighted by atomic mass is 14.9. The molecule has 2 heteroatoms. The maximum atomic E-state index is 5.20. The van der Waals surface area contributed by atoms with Gasteiger partial charge in [0.15, 0.2) is 5.82 Å². The van der Waals surface area contributed by atoms with Gasteiger partial charge in [0.2, 0.25) is 0 Å². The summed E-state index contributed by atoms with van der Waals surface area (Å²) in [5, 5.41) is 10.1. The minimum atomic E-state index is -0.0853. The molecule has 0 saturated heterocycles. The van der Waals surface area contributed by atoms with Crippen molar-refractivity contribution in [1.29, 1.82) is 0 Å². The van der Waals surface area contributed by atoms with Crippen LogP contribution in [-0.4, -0.2) is 9.97 Å². The van der Waals surface area contributed by atoms with Gasteiger partial charge in [-0.15, -0.1) is 0 Å². The summed E-state index contributed by atoms with van der Waals surface area (Å²) in [6.45, 7) is 4.72. The maximum absolute atomic E-state index is 5.20. The first kappa shape index (κ1) is 31.6. The second kappa shape index (κ2) is 12.1. The molecule has 0 atom stereocenters. The summed E-state index contributed by atoms with van der Waals surface area (Å²) in [6.07, 6.45) is 0. The van der Waals surface area contributed by atoms with Gasteiger partial charge >= 0.3 is 0 Å². The number of rotatable bonds is 4. The molecule has 55 heavy (non-hydrogen) atoms. The standard InChI is InChI=1S/C53H36N2/c1-53(2)47-22-12-21-39(51(47)46-29-36-15-6-7-16-37(36)31-48(46)53)33-23-25-34(26-24-33)49-32-50(55-52(54-49)35-13-4-3-5-14-35)38-27-28-44-42-19-9-8-17-40(42)41-18-10-11-20-43(41)45(44)30-38/h3-32H,1-2H3. The monoisotopic (exact) mass is 700 g/mol. The van der Waals surface area contributed by atoms with E-state index in [9.17, 15) is 0 Å². The van der Waals surface area contributed by atoms with Crippen LogP contribution in [0, 0.1) is 0 Å². The van der Waals surface area contributed by atoms with Gasteiger partial charge in [0.25, 0.3) is 0 Å². The van der Waals surface area contributed by atoms with Crippen LogP contribution < -0.4 is 0 Å². The largest absolute Gasteiger partial charge is 0.228 e. The van der Waals surface area contributed by atoms with Gasteiger partial charge < -0.3 is 0 Å². The van der Waals surface area contributed by atoms with Crippen LogP contribution in [0.25, 0.3) is 99.2 Å². The van der Waals surface area contributed by atoms with Crippen LogP contribution >= 0.6 is 0 Å². The SMILES string of the molecule is CC1(C)c2cc3ccccc3cc2-c2c(-c3ccc(-c4cc(-c5ccc6c7ccccc7c7ccccc7c6c5)nc(-c5ccccc5)n4)cc3)cccc21. The Hall–Kier alpha value is -6.90. The normalized spacial score (nSPS) is 13.1. The molecular formula is C53H36N2. The summed E-state index contributed by atoms with van der Waals surface area (Å²) in [5.41, 5.74) is 12.7. The van der Waals surface area contributed by atoms with E-state index in [1.807, 2.05) is 18.2 Å². The van der Waals surface area contributed by atoms with Crippen LogP contribution in [0.15, 0.2) is 182 Å². The van der Waals surface area contributed by atoms with E-state index in [0.717, 1.165) is 28.1 Å². The Morgan fingerprint density at radius 2 is 0.891 bits per heavy atom. The number of aromatic nitrogens is 2. The first-order valence-electron chi connectivity index (χ1n) is 19.1. The van der Waals surface area contributed by atoms with Gasteiger partial charge in [0, 0.05) is 22.1 Å². The first-order valence-corrected chi connectivity index (χ1v) is 19.1. The van der Waals surface area contributed by atoms with Crippen molar-refractivity contribution in [2.45, 2.75) is 19.3 Å². The van der Waals surface area contributed by atoms with Crippen LogP contribution in [0.2, 0.25) is 0 Å². The summed E-state index contributed by atoms with van der Waals surface area (Å²) in [4.78, 5) is 10.4. The molecule has 1 aromatic heterocycles. The first-order chi connectivity index (χ1) is 27.0. The molecule has 1 heterocycles. The molecule has 1 aliphatic rings. The zero-order valence-electron chi connectivity index (χ0n) is 30.7. The molecule has 0 unspecified atom stereocenters. The Labute approximate surface area is 320 Å². The van der Waals surface area contributed by atoms with Crippen LogP contribution in [0.4, 0.5) is 0 Å². The molecule has 0 amide bonds. The predicted octanol–water partition coefficient (Wildman–Crippen LogP) is 14.1. The minimum absolute atomic E-state index is 0.0853. The second-order valence-electron chi connectivity index (χ2n) is 15.4. The minimum Gasteiger partial charge on any atom is -0.228 e. The lowest BCUT2D eigenvalue weighted by Crippen LogP contribution is -2.14. The predicted molar refractivity (Wildman–Crippen MR) is 231 cm³/mol. The van der Waals surface area contributed by atoms with Crippen LogP contribution in [-0.2, 0) is 5.41 Å². The highest BCUT2D eigenvalue weighted by Crippen LogP contribution is 2.53. The van der Waals surface area contributed by atoms with Crippen molar-refractivity contribution in [2.24, 2.45) is 0 Å². The molecule has 9 aromatic carbocycles. The number of benzene rings is 9. The molecule has 1 aliphatic carbocycles. The molecule has 0 fully saturated rings. The van der Waals surface area contributed by atoms with Gasteiger partial charge in [0.1, 0.15) is 0 Å². The molecule has 258 valence electrons. The van der Waals surface area contributed by atoms with Gasteiger partial charge in [-0.3, -0.25) is 0 Å². The third-order valence-corrected chi connectivity index (χ3v) is 11.9. The Morgan fingerprint density at radius 3 is 1.58 bits per heavy atom. The number of nitrogens with zero attached hydrogens (tertiary/aromatic N) is 2. The lowest BCUT2D eigenvalue weighted by molar-refractivity contribution is 0.661. The Balaban J connectivity index is 1.05. The molecule has 10 aromatic rings. The van der Waals surface area contributed by atoms with Crippen molar-refractivity contribution < 1.29 is 0 Å². The zero-order valence-corrected chi connectivity index (χ0v) is 30.7. The molecule has 0 spiro atoms. The Bertz CT molecular complexity index is 3120. The van der Waals surface area contributed by atoms with Crippen LogP contribution in [0.3, 0.4) is 0 Å². The third-order valence-electron chi connectivity index (χ3n) is 11.9. The van der Waals surface area contributed by atoms with E-state index in [1.165, 1.54) is 76.5 Å². The summed E-state index contributed by atoms with van der Waals surface area (Å²) in [7, 11) is 0. The molecule has 11 rings (SSSR count). The third kappa shape index (κ3) is 4.95. The summed E-state index contributed by atoms with van der Waals surface area (Å²) < 4.78 is 0. The van der Waals surface area contributed by atoms with Crippen molar-refractivity contribution in [3.8, 4) is 56.2 Å². The number of hydrogen-bond donors (Lipinski definition) is 0. The molecule has 0 saturated carbocycles. The fraction of sp³-hybridized carbons (Fsp3) is 0.0566. The fourth-order valence-electron chi connectivity index (χ4n) is 9.06. The van der Waals surface area contributed by atoms with E-state index >= 15 is 0 Å². The fourth-order valence-corrected chi connectivity index (χ4v) is 9.06. The van der Waals surface area contributed by atoms with Crippen molar-refractivity contribution in [3.63, 3.8) is 0 Å². The summed E-state index contributed by atoms with van der Waals surface area (Å²) >= 11 is 0. The van der Waals surface area contributed by atoms with Gasteiger partial charge in [-0.25, -0.2) is 9.97 Å². The molecule has 0 aliphatic heterocycles. The van der Waals surface area contributed by atoms with E-state index < -0.39 is 0 Å². The van der Waals surface area contributed by atoms with Crippen molar-refractivity contribution in [1.82, 2.24) is 9.97 Å². The van der Waals surface area contributed by atoms with E-state index in [-0.39, 0.29) is 5.41 Å². The molecule has 0 N–H and O–H groups in total. The molecule has 2 nitrogen and oxygen atoms in total. The molecule has 0 bridgehead atoms. The van der Waals surface area contributed by atoms with Gasteiger partial charge in [0.05, 0.1) is 11.4 Å². The van der Waals surface area contributed by atoms with Gasteiger partial charge in [-0.1, -0.05) is 172 Å². The topological polar surface area (TPSA) is 25.8 Å². The van der Waals surface area contributed by atoms with Gasteiger partial charge in [-0.2, -0.15) is 0 Å². The van der Waals surface area contributed by atoms with Crippen LogP contribution in [0.5, 0.6) is 0 Å². The lowest BCUT2D eigenvalue weighted by atomic mass is 9.81. The highest BCUT2D eigenvalue weighted by molar-refractivity contribution is 6.25. The Morgan fingerprint density at radius 1 is 0.345 bits per heavy atom. The maximum Gasteiger partial charge on any atom is 0.160 e. The molecule has 0 radical (unpaired) electrons. The number of hydrogen-bond acceptors (Lipinski definition) is 2. The van der Waals surface area contributed by atoms with E-state index in [1.54, 1.807) is 0 Å². The van der Waals surface area contributed by atoms with Crippen LogP contribution in [0.1, 0.15) is 25.0 Å². The summed E-state index contributed by atoms with van der Waals surface area (Å²) in [5.74, 6) is 0.715. The smallest absolute Gasteiger partial charge is 0.160 e. The highest BCUT2D eigenvalue weighted by Gasteiger charge is 2.37. The quantitative estimate of drug-likeness (QED) is 0.171. The average Bonchev–Trinajstić information content (AvgIpc) is 3.48. The van der Waals surface area contributed by atoms with E-state index in [4.69, 9.17) is 9.97 Å². The number of fused-ring (bicyclic) bond motifs is 10.